The van der Waals surface area contributed by atoms with E-state index in [-0.39, 0.29) is 11.9 Å². The molecule has 1 aliphatic carbocycles. The number of ether oxygens (including phenoxy) is 1. The minimum absolute atomic E-state index is 0.00534. The molecule has 2 nitrogen and oxygen atoms in total. The first kappa shape index (κ1) is 10.7. The Morgan fingerprint density at radius 1 is 1.19 bits per heavy atom. The molecule has 0 spiro atoms. The number of benzene rings is 1. The molecule has 0 amide bonds. The number of carbonyl (C=O) groups is 1. The highest BCUT2D eigenvalue weighted by Crippen LogP contribution is 2.38. The third-order valence-corrected chi connectivity index (χ3v) is 2.43. The molecule has 0 radical (unpaired) electrons. The molecular formula is C14H14O2. The van der Waals surface area contributed by atoms with Crippen molar-refractivity contribution in [1.82, 2.24) is 0 Å². The number of allylic oxidation sites excluding steroid dienone is 2. The van der Waals surface area contributed by atoms with E-state index in [9.17, 15) is 4.79 Å². The quantitative estimate of drug-likeness (QED) is 0.723. The summed E-state index contributed by atoms with van der Waals surface area (Å²) < 4.78 is 5.51. The topological polar surface area (TPSA) is 26.3 Å². The van der Waals surface area contributed by atoms with Crippen molar-refractivity contribution in [2.45, 2.75) is 20.0 Å². The van der Waals surface area contributed by atoms with Gasteiger partial charge in [-0.2, -0.15) is 0 Å². The molecular weight excluding hydrogens is 200 g/mol. The highest BCUT2D eigenvalue weighted by molar-refractivity contribution is 6.30. The standard InChI is InChI=1S/C14H14O2/c1-9(2)16-14-12(10(3)13(14)15)11-7-5-4-6-8-11/h4-9H,3H2,1-2H3. The van der Waals surface area contributed by atoms with Gasteiger partial charge in [0.05, 0.1) is 6.10 Å². The first-order valence-electron chi connectivity index (χ1n) is 5.31. The van der Waals surface area contributed by atoms with Crippen LogP contribution in [0.4, 0.5) is 0 Å². The summed E-state index contributed by atoms with van der Waals surface area (Å²) in [4.78, 5) is 11.6. The molecule has 0 N–H and O–H groups in total. The molecule has 1 aromatic carbocycles. The molecule has 2 rings (SSSR count). The van der Waals surface area contributed by atoms with E-state index < -0.39 is 0 Å². The summed E-state index contributed by atoms with van der Waals surface area (Å²) in [5, 5.41) is 0. The molecule has 16 heavy (non-hydrogen) atoms. The van der Waals surface area contributed by atoms with Gasteiger partial charge in [0.2, 0.25) is 5.78 Å². The fourth-order valence-electron chi connectivity index (χ4n) is 1.70. The number of Topliss-reactive ketones (excluding diaryl/α,β-unsaturated/α-hetero) is 1. The zero-order valence-corrected chi connectivity index (χ0v) is 9.49. The van der Waals surface area contributed by atoms with Crippen molar-refractivity contribution in [3.63, 3.8) is 0 Å². The second-order valence-corrected chi connectivity index (χ2v) is 4.04. The van der Waals surface area contributed by atoms with Crippen molar-refractivity contribution in [1.29, 1.82) is 0 Å². The molecule has 0 aliphatic heterocycles. The number of hydrogen-bond acceptors (Lipinski definition) is 2. The number of carbonyl (C=O) groups excluding carboxylic acids is 1. The van der Waals surface area contributed by atoms with Crippen molar-refractivity contribution in [2.24, 2.45) is 0 Å². The van der Waals surface area contributed by atoms with Crippen LogP contribution in [0.2, 0.25) is 0 Å². The number of ketones is 1. The van der Waals surface area contributed by atoms with E-state index in [1.54, 1.807) is 0 Å². The molecule has 0 aromatic heterocycles. The summed E-state index contributed by atoms with van der Waals surface area (Å²) in [5.74, 6) is 0.374. The monoisotopic (exact) mass is 214 g/mol. The van der Waals surface area contributed by atoms with Crippen LogP contribution in [-0.4, -0.2) is 11.9 Å². The maximum absolute atomic E-state index is 11.6. The van der Waals surface area contributed by atoms with Gasteiger partial charge in [-0.1, -0.05) is 36.9 Å². The highest BCUT2D eigenvalue weighted by atomic mass is 16.5. The number of rotatable bonds is 3. The van der Waals surface area contributed by atoms with E-state index in [4.69, 9.17) is 4.74 Å². The smallest absolute Gasteiger partial charge is 0.228 e. The summed E-state index contributed by atoms with van der Waals surface area (Å²) in [6.07, 6.45) is 0.00534. The van der Waals surface area contributed by atoms with Crippen molar-refractivity contribution < 1.29 is 9.53 Å². The van der Waals surface area contributed by atoms with E-state index in [1.165, 1.54) is 0 Å². The molecule has 0 bridgehead atoms. The van der Waals surface area contributed by atoms with Crippen molar-refractivity contribution in [2.75, 3.05) is 0 Å². The van der Waals surface area contributed by atoms with Crippen LogP contribution < -0.4 is 0 Å². The summed E-state index contributed by atoms with van der Waals surface area (Å²) >= 11 is 0. The Morgan fingerprint density at radius 2 is 1.81 bits per heavy atom. The summed E-state index contributed by atoms with van der Waals surface area (Å²) in [6, 6.07) is 9.72. The zero-order valence-electron chi connectivity index (χ0n) is 9.49. The van der Waals surface area contributed by atoms with Gasteiger partial charge in [0.1, 0.15) is 0 Å². The van der Waals surface area contributed by atoms with Gasteiger partial charge in [-0.25, -0.2) is 0 Å². The van der Waals surface area contributed by atoms with Crippen LogP contribution in [0.5, 0.6) is 0 Å². The Hall–Kier alpha value is -1.83. The third kappa shape index (κ3) is 1.67. The molecule has 0 fully saturated rings. The minimum Gasteiger partial charge on any atom is -0.486 e. The van der Waals surface area contributed by atoms with Gasteiger partial charge >= 0.3 is 0 Å². The van der Waals surface area contributed by atoms with Crippen LogP contribution >= 0.6 is 0 Å². The van der Waals surface area contributed by atoms with Crippen LogP contribution in [0.25, 0.3) is 5.57 Å². The average Bonchev–Trinajstić information content (AvgIpc) is 2.29. The van der Waals surface area contributed by atoms with Gasteiger partial charge in [-0.15, -0.1) is 0 Å². The lowest BCUT2D eigenvalue weighted by Gasteiger charge is -2.26. The van der Waals surface area contributed by atoms with Crippen LogP contribution in [0.1, 0.15) is 19.4 Å². The van der Waals surface area contributed by atoms with Gasteiger partial charge in [-0.05, 0) is 19.4 Å². The Labute approximate surface area is 95.2 Å². The lowest BCUT2D eigenvalue weighted by molar-refractivity contribution is -0.116. The molecule has 1 aliphatic rings. The molecule has 82 valence electrons. The largest absolute Gasteiger partial charge is 0.486 e. The van der Waals surface area contributed by atoms with Crippen molar-refractivity contribution in [3.8, 4) is 0 Å². The molecule has 2 heteroatoms. The van der Waals surface area contributed by atoms with Gasteiger partial charge in [0, 0.05) is 11.1 Å². The molecule has 0 saturated carbocycles. The van der Waals surface area contributed by atoms with Gasteiger partial charge in [-0.3, -0.25) is 4.79 Å². The van der Waals surface area contributed by atoms with Crippen molar-refractivity contribution >= 4 is 11.4 Å². The van der Waals surface area contributed by atoms with Crippen molar-refractivity contribution in [3.05, 3.63) is 53.8 Å². The first-order chi connectivity index (χ1) is 7.61. The fourth-order valence-corrected chi connectivity index (χ4v) is 1.70. The Bertz CT molecular complexity index is 467. The van der Waals surface area contributed by atoms with E-state index in [2.05, 4.69) is 6.58 Å². The maximum Gasteiger partial charge on any atom is 0.228 e. The summed E-state index contributed by atoms with van der Waals surface area (Å²) in [5.41, 5.74) is 2.38. The summed E-state index contributed by atoms with van der Waals surface area (Å²) in [6.45, 7) is 7.58. The molecule has 0 heterocycles. The number of hydrogen-bond donors (Lipinski definition) is 0. The second kappa shape index (κ2) is 3.97. The Morgan fingerprint density at radius 3 is 2.38 bits per heavy atom. The van der Waals surface area contributed by atoms with Gasteiger partial charge in [0.25, 0.3) is 0 Å². The SMILES string of the molecule is C=C1C(=O)C(OC(C)C)=C1c1ccccc1. The normalized spacial score (nSPS) is 15.4. The lowest BCUT2D eigenvalue weighted by Crippen LogP contribution is -2.24. The zero-order chi connectivity index (χ0) is 11.7. The third-order valence-electron chi connectivity index (χ3n) is 2.43. The molecule has 0 atom stereocenters. The van der Waals surface area contributed by atoms with Gasteiger partial charge < -0.3 is 4.74 Å². The molecule has 0 unspecified atom stereocenters. The van der Waals surface area contributed by atoms with Crippen LogP contribution in [0.3, 0.4) is 0 Å². The Kier molecular flexibility index (Phi) is 2.65. The fraction of sp³-hybridized carbons (Fsp3) is 0.214. The lowest BCUT2D eigenvalue weighted by atomic mass is 9.84. The van der Waals surface area contributed by atoms with Crippen LogP contribution in [-0.2, 0) is 9.53 Å². The van der Waals surface area contributed by atoms with E-state index in [0.29, 0.717) is 11.3 Å². The second-order valence-electron chi connectivity index (χ2n) is 4.04. The first-order valence-corrected chi connectivity index (χ1v) is 5.31. The minimum atomic E-state index is -0.0763. The summed E-state index contributed by atoms with van der Waals surface area (Å²) in [7, 11) is 0. The Balaban J connectivity index is 2.41. The average molecular weight is 214 g/mol. The molecule has 1 aromatic rings. The predicted octanol–water partition coefficient (Wildman–Crippen LogP) is 2.96. The molecule has 0 saturated heterocycles. The van der Waals surface area contributed by atoms with E-state index in [0.717, 1.165) is 11.1 Å². The van der Waals surface area contributed by atoms with Crippen LogP contribution in [0.15, 0.2) is 48.2 Å². The van der Waals surface area contributed by atoms with E-state index in [1.807, 2.05) is 44.2 Å². The maximum atomic E-state index is 11.6. The van der Waals surface area contributed by atoms with Crippen LogP contribution in [0, 0.1) is 0 Å². The van der Waals surface area contributed by atoms with E-state index >= 15 is 0 Å². The highest BCUT2D eigenvalue weighted by Gasteiger charge is 2.34. The van der Waals surface area contributed by atoms with Gasteiger partial charge in [0.15, 0.2) is 5.76 Å². The predicted molar refractivity (Wildman–Crippen MR) is 63.7 cm³/mol.